The summed E-state index contributed by atoms with van der Waals surface area (Å²) in [7, 11) is 4.16. The minimum atomic E-state index is -0.839. The van der Waals surface area contributed by atoms with E-state index in [9.17, 15) is 9.18 Å². The summed E-state index contributed by atoms with van der Waals surface area (Å²) in [5, 5.41) is 4.52. The molecule has 4 heterocycles. The molecule has 2 saturated carbocycles. The van der Waals surface area contributed by atoms with E-state index in [0.29, 0.717) is 36.8 Å². The number of fused-ring (bicyclic) bond motifs is 2. The number of Topliss-reactive ketones (excluding diaryl/α,β-unsaturated/α-hetero) is 1. The lowest BCUT2D eigenvalue weighted by molar-refractivity contribution is -0.128. The quantitative estimate of drug-likeness (QED) is 0.547. The summed E-state index contributed by atoms with van der Waals surface area (Å²) in [4.78, 5) is 30.0. The third kappa shape index (κ3) is 4.33. The predicted molar refractivity (Wildman–Crippen MR) is 148 cm³/mol. The van der Waals surface area contributed by atoms with Crippen molar-refractivity contribution in [1.82, 2.24) is 24.9 Å². The molecule has 0 amide bonds. The fourth-order valence-corrected chi connectivity index (χ4v) is 7.84. The highest BCUT2D eigenvalue weighted by Crippen LogP contribution is 2.48. The van der Waals surface area contributed by atoms with Crippen LogP contribution < -0.4 is 9.64 Å². The van der Waals surface area contributed by atoms with Crippen molar-refractivity contribution in [3.63, 3.8) is 0 Å². The van der Waals surface area contributed by atoms with Gasteiger partial charge in [-0.3, -0.25) is 14.6 Å². The zero-order valence-corrected chi connectivity index (χ0v) is 24.0. The number of ketones is 1. The number of piperazine rings is 1. The number of likely N-dealkylation sites (N-methyl/N-ethyl adjacent to an activating group) is 2. The highest BCUT2D eigenvalue weighted by atomic mass is 19.1. The van der Waals surface area contributed by atoms with Gasteiger partial charge in [-0.1, -0.05) is 11.6 Å². The fourth-order valence-electron chi connectivity index (χ4n) is 7.84. The summed E-state index contributed by atoms with van der Waals surface area (Å²) >= 11 is 0. The van der Waals surface area contributed by atoms with E-state index < -0.39 is 11.6 Å². The van der Waals surface area contributed by atoms with Gasteiger partial charge in [-0.15, -0.1) is 0 Å². The largest absolute Gasteiger partial charge is 0.473 e. The summed E-state index contributed by atoms with van der Waals surface area (Å²) < 4.78 is 26.6. The molecule has 9 nitrogen and oxygen atoms in total. The lowest BCUT2D eigenvalue weighted by Crippen LogP contribution is -2.53. The number of aromatic nitrogens is 3. The molecule has 2 saturated heterocycles. The van der Waals surface area contributed by atoms with Crippen LogP contribution in [0.25, 0.3) is 11.5 Å². The molecule has 7 rings (SSSR count). The van der Waals surface area contributed by atoms with Gasteiger partial charge in [-0.25, -0.2) is 9.37 Å². The van der Waals surface area contributed by atoms with Crippen LogP contribution in [0.3, 0.4) is 0 Å². The van der Waals surface area contributed by atoms with Gasteiger partial charge in [0.15, 0.2) is 17.3 Å². The Hall–Kier alpha value is -2.59. The van der Waals surface area contributed by atoms with Crippen molar-refractivity contribution in [2.45, 2.75) is 100 Å². The number of halogens is 1. The molecule has 0 unspecified atom stereocenters. The Morgan fingerprint density at radius 3 is 2.67 bits per heavy atom. The first-order chi connectivity index (χ1) is 19.3. The maximum atomic E-state index is 14.2. The first-order valence-corrected chi connectivity index (χ1v) is 15.2. The van der Waals surface area contributed by atoms with Gasteiger partial charge in [0, 0.05) is 55.8 Å². The molecule has 5 aliphatic rings. The highest BCUT2D eigenvalue weighted by Gasteiger charge is 2.50. The smallest absolute Gasteiger partial charge is 0.219 e. The molecule has 40 heavy (non-hydrogen) atoms. The van der Waals surface area contributed by atoms with E-state index in [1.165, 1.54) is 12.8 Å². The van der Waals surface area contributed by atoms with Crippen LogP contribution in [0.15, 0.2) is 10.6 Å². The van der Waals surface area contributed by atoms with Crippen LogP contribution in [0.2, 0.25) is 0 Å². The Bertz CT molecular complexity index is 1300. The van der Waals surface area contributed by atoms with Crippen LogP contribution in [-0.4, -0.2) is 94.8 Å². The summed E-state index contributed by atoms with van der Waals surface area (Å²) in [5.74, 6) is 2.81. The van der Waals surface area contributed by atoms with Gasteiger partial charge in [0.2, 0.25) is 5.88 Å². The van der Waals surface area contributed by atoms with Crippen LogP contribution >= 0.6 is 0 Å². The number of hydrogen-bond donors (Lipinski definition) is 0. The Morgan fingerprint density at radius 1 is 1.10 bits per heavy atom. The molecule has 10 heteroatoms. The molecule has 0 bridgehead atoms. The first kappa shape index (κ1) is 26.3. The van der Waals surface area contributed by atoms with Gasteiger partial charge >= 0.3 is 0 Å². The van der Waals surface area contributed by atoms with Crippen molar-refractivity contribution in [2.75, 3.05) is 45.2 Å². The number of ether oxygens (including phenoxy) is 1. The van der Waals surface area contributed by atoms with Crippen LogP contribution in [0.5, 0.6) is 5.88 Å². The molecule has 2 aromatic rings. The standard InChI is InChI=1S/C30H41FN6O3/c1-19(22-15-20(31)17-35(22)2)39-25-16-24(37-14-13-36(3)29(18-37)11-12-29)32-28(33-25)26-21-7-6-10-30(27(21)40-34-26)9-5-4-8-23(30)38/h16,19-20,22H,4-15,17-18H2,1-3H3/t19-,20+,22-,30+/m0/s1. The monoisotopic (exact) mass is 552 g/mol. The lowest BCUT2D eigenvalue weighted by atomic mass is 9.64. The molecule has 2 aromatic heterocycles. The zero-order chi connectivity index (χ0) is 27.6. The Balaban J connectivity index is 1.26. The van der Waals surface area contributed by atoms with E-state index >= 15 is 0 Å². The molecule has 216 valence electrons. The minimum Gasteiger partial charge on any atom is -0.473 e. The molecule has 0 radical (unpaired) electrons. The number of nitrogens with zero attached hydrogens (tertiary/aromatic N) is 6. The zero-order valence-electron chi connectivity index (χ0n) is 24.0. The van der Waals surface area contributed by atoms with E-state index in [1.807, 2.05) is 24.9 Å². The van der Waals surface area contributed by atoms with E-state index in [-0.39, 0.29) is 23.5 Å². The van der Waals surface area contributed by atoms with Crippen molar-refractivity contribution in [3.05, 3.63) is 17.4 Å². The Morgan fingerprint density at radius 2 is 1.93 bits per heavy atom. The van der Waals surface area contributed by atoms with Gasteiger partial charge in [-0.2, -0.15) is 4.98 Å². The molecule has 0 aromatic carbocycles. The Kier molecular flexibility index (Phi) is 6.42. The van der Waals surface area contributed by atoms with Gasteiger partial charge in [0.25, 0.3) is 0 Å². The highest BCUT2D eigenvalue weighted by molar-refractivity contribution is 5.91. The van der Waals surface area contributed by atoms with Gasteiger partial charge < -0.3 is 14.2 Å². The van der Waals surface area contributed by atoms with E-state index in [0.717, 1.165) is 75.3 Å². The third-order valence-electron chi connectivity index (χ3n) is 10.5. The second-order valence-corrected chi connectivity index (χ2v) is 13.0. The van der Waals surface area contributed by atoms with Crippen molar-refractivity contribution in [2.24, 2.45) is 0 Å². The SMILES string of the molecule is C[C@H](Oc1cc(N2CCN(C)C3(CC3)C2)nc(-c2noc3c2CCC[C@@]32CCCCC2=O)n1)[C@@H]1C[C@@H](F)CN1C. The predicted octanol–water partition coefficient (Wildman–Crippen LogP) is 3.94. The maximum Gasteiger partial charge on any atom is 0.219 e. The first-order valence-electron chi connectivity index (χ1n) is 15.2. The topological polar surface area (TPSA) is 87.8 Å². The molecule has 2 aliphatic heterocycles. The average Bonchev–Trinajstić information content (AvgIpc) is 3.42. The number of carbonyl (C=O) groups is 1. The van der Waals surface area contributed by atoms with Crippen molar-refractivity contribution in [1.29, 1.82) is 0 Å². The van der Waals surface area contributed by atoms with E-state index in [2.05, 4.69) is 22.0 Å². The minimum absolute atomic E-state index is 0.0211. The molecule has 2 spiro atoms. The molecule has 3 aliphatic carbocycles. The van der Waals surface area contributed by atoms with Crippen molar-refractivity contribution >= 4 is 11.6 Å². The number of likely N-dealkylation sites (tertiary alicyclic amines) is 1. The summed E-state index contributed by atoms with van der Waals surface area (Å²) in [6.07, 6.45) is 7.74. The molecule has 0 N–H and O–H groups in total. The normalized spacial score (nSPS) is 31.1. The number of anilines is 1. The molecule has 4 fully saturated rings. The molecular weight excluding hydrogens is 511 g/mol. The van der Waals surface area contributed by atoms with Gasteiger partial charge in [0.05, 0.1) is 5.41 Å². The average molecular weight is 553 g/mol. The van der Waals surface area contributed by atoms with Crippen LogP contribution in [0.4, 0.5) is 10.2 Å². The third-order valence-corrected chi connectivity index (χ3v) is 10.5. The number of alkyl halides is 1. The van der Waals surface area contributed by atoms with Gasteiger partial charge in [0.1, 0.15) is 23.9 Å². The summed E-state index contributed by atoms with van der Waals surface area (Å²) in [5.41, 5.74) is 1.28. The van der Waals surface area contributed by atoms with Crippen LogP contribution in [0, 0.1) is 0 Å². The number of carbonyl (C=O) groups excluding carboxylic acids is 1. The van der Waals surface area contributed by atoms with Crippen molar-refractivity contribution in [3.8, 4) is 17.4 Å². The molecule has 4 atom stereocenters. The lowest BCUT2D eigenvalue weighted by Gasteiger charge is -2.40. The second kappa shape index (κ2) is 9.76. The molecular formula is C30H41FN6O3. The summed E-state index contributed by atoms with van der Waals surface area (Å²) in [6.45, 7) is 5.17. The second-order valence-electron chi connectivity index (χ2n) is 13.0. The summed E-state index contributed by atoms with van der Waals surface area (Å²) in [6, 6.07) is 1.91. The van der Waals surface area contributed by atoms with Gasteiger partial charge in [-0.05, 0) is 72.4 Å². The maximum absolute atomic E-state index is 14.2. The van der Waals surface area contributed by atoms with E-state index in [4.69, 9.17) is 19.2 Å². The van der Waals surface area contributed by atoms with E-state index in [1.54, 1.807) is 0 Å². The van der Waals surface area contributed by atoms with Crippen LogP contribution in [-0.2, 0) is 16.6 Å². The fraction of sp³-hybridized carbons (Fsp3) is 0.733. The number of rotatable bonds is 5. The van der Waals surface area contributed by atoms with Crippen LogP contribution in [0.1, 0.15) is 76.0 Å². The van der Waals surface area contributed by atoms with Crippen molar-refractivity contribution < 1.29 is 18.4 Å². The number of hydrogen-bond acceptors (Lipinski definition) is 9. The Labute approximate surface area is 235 Å².